The molecule has 2 heterocycles. The molecule has 1 saturated heterocycles. The third-order valence-electron chi connectivity index (χ3n) is 10.1. The molecule has 2 aliphatic heterocycles. The van der Waals surface area contributed by atoms with Gasteiger partial charge in [-0.1, -0.05) is 24.8 Å². The van der Waals surface area contributed by atoms with Gasteiger partial charge in [-0.05, 0) is 76.5 Å². The predicted octanol–water partition coefficient (Wildman–Crippen LogP) is 3.83. The van der Waals surface area contributed by atoms with Crippen LogP contribution in [0.3, 0.4) is 0 Å². The van der Waals surface area contributed by atoms with E-state index in [1.807, 2.05) is 0 Å². The summed E-state index contributed by atoms with van der Waals surface area (Å²) in [5.41, 5.74) is -1.33. The van der Waals surface area contributed by atoms with Gasteiger partial charge in [0.25, 0.3) is 0 Å². The number of sulfonamides is 1. The number of carbonyl (C=O) groups is 6. The van der Waals surface area contributed by atoms with Gasteiger partial charge in [-0.15, -0.1) is 6.58 Å². The summed E-state index contributed by atoms with van der Waals surface area (Å²) in [6.45, 7) is 11.9. The van der Waals surface area contributed by atoms with E-state index in [0.29, 0.717) is 24.0 Å². The highest BCUT2D eigenvalue weighted by Crippen LogP contribution is 2.57. The molecule has 3 fully saturated rings. The fraction of sp³-hybridized carbons (Fsp3) is 0.568. The smallest absolute Gasteiger partial charge is 0.410 e. The first-order valence-electron chi connectivity index (χ1n) is 17.8. The van der Waals surface area contributed by atoms with Crippen molar-refractivity contribution in [1.29, 1.82) is 0 Å². The lowest BCUT2D eigenvalue weighted by molar-refractivity contribution is -0.140. The normalized spacial score (nSPS) is 24.0. The number of ether oxygens (including phenoxy) is 2. The van der Waals surface area contributed by atoms with Crippen LogP contribution in [0.1, 0.15) is 83.3 Å². The minimum atomic E-state index is -3.92. The summed E-state index contributed by atoms with van der Waals surface area (Å²) in [6.07, 6.45) is 0.575. The summed E-state index contributed by atoms with van der Waals surface area (Å²) < 4.78 is 53.0. The molecule has 14 nitrogen and oxygen atoms in total. The van der Waals surface area contributed by atoms with Crippen LogP contribution in [0.2, 0.25) is 0 Å². The number of benzene rings is 1. The number of halogens is 1. The molecule has 2 N–H and O–H groups in total. The minimum Gasteiger partial charge on any atom is -0.444 e. The van der Waals surface area contributed by atoms with Gasteiger partial charge in [-0.25, -0.2) is 22.4 Å². The van der Waals surface area contributed by atoms with E-state index in [9.17, 15) is 41.6 Å². The van der Waals surface area contributed by atoms with E-state index >= 15 is 0 Å². The Balaban J connectivity index is 1.38. The zero-order chi connectivity index (χ0) is 38.9. The van der Waals surface area contributed by atoms with Crippen molar-refractivity contribution in [2.24, 2.45) is 11.3 Å². The van der Waals surface area contributed by atoms with Crippen LogP contribution in [0.4, 0.5) is 14.0 Å². The standard InChI is InChI=1S/C37H47FN4O10S/c1-6-23-17-37(23,33(46)40-53(49,50)26-14-15-26)18-31(44)30-16-25(51-35(48)41-19-22-10-8-12-28(38)27(22)21-41)20-42(30)32(45)29(13-9-11-24(43)7-2)39-34(47)52-36(3,4)5/h6-8,10,12,23,25-26,29-30H,1-2,9,11,13-21H2,3-5H3,(H,39,47)(H,40,46)/t23-,25?,29+,30+,37-/m1/s1. The van der Waals surface area contributed by atoms with Crippen LogP contribution in [0.25, 0.3) is 0 Å². The minimum absolute atomic E-state index is 0.0129. The van der Waals surface area contributed by atoms with Gasteiger partial charge in [0.05, 0.1) is 29.8 Å². The van der Waals surface area contributed by atoms with Crippen molar-refractivity contribution in [2.45, 2.75) is 114 Å². The number of hydrogen-bond acceptors (Lipinski definition) is 10. The molecule has 0 spiro atoms. The second-order valence-electron chi connectivity index (χ2n) is 15.3. The molecule has 5 atom stereocenters. The monoisotopic (exact) mass is 758 g/mol. The van der Waals surface area contributed by atoms with E-state index in [0.717, 1.165) is 6.08 Å². The number of alkyl carbamates (subject to hydrolysis) is 1. The highest BCUT2D eigenvalue weighted by atomic mass is 32.2. The number of nitrogens with one attached hydrogen (secondary N) is 2. The van der Waals surface area contributed by atoms with Gasteiger partial charge in [-0.2, -0.15) is 0 Å². The molecular weight excluding hydrogens is 711 g/mol. The van der Waals surface area contributed by atoms with Crippen molar-refractivity contribution in [2.75, 3.05) is 6.54 Å². The van der Waals surface area contributed by atoms with Crippen LogP contribution >= 0.6 is 0 Å². The lowest BCUT2D eigenvalue weighted by atomic mass is 9.91. The molecule has 2 saturated carbocycles. The summed E-state index contributed by atoms with van der Waals surface area (Å²) >= 11 is 0. The molecule has 4 aliphatic rings. The Labute approximate surface area is 308 Å². The second-order valence-corrected chi connectivity index (χ2v) is 17.2. The van der Waals surface area contributed by atoms with Gasteiger partial charge < -0.3 is 19.7 Å². The highest BCUT2D eigenvalue weighted by Gasteiger charge is 2.61. The number of carbonyl (C=O) groups excluding carboxylic acids is 6. The Morgan fingerprint density at radius 2 is 1.83 bits per heavy atom. The summed E-state index contributed by atoms with van der Waals surface area (Å²) in [6, 6.07) is 2.05. The summed E-state index contributed by atoms with van der Waals surface area (Å²) in [5.74, 6) is -3.33. The third-order valence-corrected chi connectivity index (χ3v) is 11.9. The van der Waals surface area contributed by atoms with Gasteiger partial charge in [0.15, 0.2) is 11.6 Å². The van der Waals surface area contributed by atoms with Crippen molar-refractivity contribution < 1.29 is 51.0 Å². The molecule has 1 aromatic carbocycles. The lowest BCUT2D eigenvalue weighted by Gasteiger charge is -2.30. The summed E-state index contributed by atoms with van der Waals surface area (Å²) in [5, 5.41) is 1.89. The fourth-order valence-electron chi connectivity index (χ4n) is 6.96. The topological polar surface area (TPSA) is 186 Å². The first kappa shape index (κ1) is 39.6. The van der Waals surface area contributed by atoms with Crippen LogP contribution < -0.4 is 10.0 Å². The Hall–Kier alpha value is -4.60. The zero-order valence-electron chi connectivity index (χ0n) is 30.2. The molecule has 0 radical (unpaired) electrons. The number of allylic oxidation sites excluding steroid dienone is 2. The Kier molecular flexibility index (Phi) is 11.5. The maximum atomic E-state index is 14.4. The molecule has 2 aliphatic carbocycles. The van der Waals surface area contributed by atoms with Crippen molar-refractivity contribution >= 4 is 45.6 Å². The fourth-order valence-corrected chi connectivity index (χ4v) is 8.34. The quantitative estimate of drug-likeness (QED) is 0.197. The number of fused-ring (bicyclic) bond motifs is 1. The molecule has 1 unspecified atom stereocenters. The van der Waals surface area contributed by atoms with Crippen LogP contribution in [0.15, 0.2) is 43.5 Å². The maximum absolute atomic E-state index is 14.4. The van der Waals surface area contributed by atoms with E-state index in [-0.39, 0.29) is 57.5 Å². The molecule has 16 heteroatoms. The van der Waals surface area contributed by atoms with Gasteiger partial charge in [0.2, 0.25) is 21.8 Å². The zero-order valence-corrected chi connectivity index (χ0v) is 31.0. The van der Waals surface area contributed by atoms with Crippen LogP contribution in [0.5, 0.6) is 0 Å². The highest BCUT2D eigenvalue weighted by molar-refractivity contribution is 7.90. The van der Waals surface area contributed by atoms with Crippen LogP contribution in [-0.2, 0) is 51.8 Å². The predicted molar refractivity (Wildman–Crippen MR) is 189 cm³/mol. The molecule has 0 bridgehead atoms. The number of Topliss-reactive ketones (excluding diaryl/α,β-unsaturated/α-hetero) is 1. The van der Waals surface area contributed by atoms with Gasteiger partial charge in [0, 0.05) is 31.4 Å². The average molecular weight is 759 g/mol. The maximum Gasteiger partial charge on any atom is 0.410 e. The largest absolute Gasteiger partial charge is 0.444 e. The Bertz CT molecular complexity index is 1810. The van der Waals surface area contributed by atoms with Crippen LogP contribution in [-0.4, -0.2) is 89.4 Å². The summed E-state index contributed by atoms with van der Waals surface area (Å²) in [7, 11) is -3.92. The molecule has 0 aromatic heterocycles. The van der Waals surface area contributed by atoms with E-state index in [1.165, 1.54) is 21.9 Å². The van der Waals surface area contributed by atoms with Gasteiger partial charge in [-0.3, -0.25) is 28.8 Å². The number of likely N-dealkylation sites (tertiary alicyclic amines) is 1. The number of nitrogens with zero attached hydrogens (tertiary/aromatic N) is 2. The number of amides is 4. The van der Waals surface area contributed by atoms with E-state index in [2.05, 4.69) is 23.2 Å². The lowest BCUT2D eigenvalue weighted by Crippen LogP contribution is -2.53. The Morgan fingerprint density at radius 3 is 2.43 bits per heavy atom. The molecule has 288 valence electrons. The molecule has 5 rings (SSSR count). The first-order valence-corrected chi connectivity index (χ1v) is 19.3. The first-order chi connectivity index (χ1) is 24.9. The van der Waals surface area contributed by atoms with E-state index < -0.39 is 92.4 Å². The number of ketones is 2. The van der Waals surface area contributed by atoms with Crippen molar-refractivity contribution in [3.05, 3.63) is 60.5 Å². The van der Waals surface area contributed by atoms with E-state index in [4.69, 9.17) is 9.47 Å². The third kappa shape index (κ3) is 9.32. The number of rotatable bonds is 15. The average Bonchev–Trinajstić information content (AvgIpc) is 3.97. The molecule has 53 heavy (non-hydrogen) atoms. The van der Waals surface area contributed by atoms with Crippen LogP contribution in [0, 0.1) is 17.2 Å². The van der Waals surface area contributed by atoms with E-state index in [1.54, 1.807) is 32.9 Å². The second kappa shape index (κ2) is 15.4. The number of hydrogen-bond donors (Lipinski definition) is 2. The van der Waals surface area contributed by atoms with Crippen molar-refractivity contribution in [1.82, 2.24) is 19.8 Å². The van der Waals surface area contributed by atoms with Gasteiger partial charge in [0.1, 0.15) is 23.6 Å². The van der Waals surface area contributed by atoms with Crippen molar-refractivity contribution in [3.63, 3.8) is 0 Å². The van der Waals surface area contributed by atoms with Gasteiger partial charge >= 0.3 is 12.2 Å². The Morgan fingerprint density at radius 1 is 1.11 bits per heavy atom. The molecule has 1 aromatic rings. The van der Waals surface area contributed by atoms with Crippen molar-refractivity contribution in [3.8, 4) is 0 Å². The SMILES string of the molecule is C=CC(=O)CCC[C@H](NC(=O)OC(C)(C)C)C(=O)N1CC(OC(=O)N2Cc3cccc(F)c3C2)C[C@H]1C(=O)C[C@]1(C(=O)NS(=O)(=O)C2CC2)C[C@H]1C=C. The molecule has 4 amide bonds. The molecular formula is C37H47FN4O10S. The summed E-state index contributed by atoms with van der Waals surface area (Å²) in [4.78, 5) is 82.7.